The first kappa shape index (κ1) is 18.9. The minimum Gasteiger partial charge on any atom is -0.478 e. The number of fused-ring (bicyclic) bond motifs is 1. The highest BCUT2D eigenvalue weighted by atomic mass is 16.5. The molecule has 0 saturated heterocycles. The van der Waals surface area contributed by atoms with E-state index in [1.165, 1.54) is 0 Å². The molecule has 2 amide bonds. The van der Waals surface area contributed by atoms with Gasteiger partial charge in [-0.2, -0.15) is 5.26 Å². The summed E-state index contributed by atoms with van der Waals surface area (Å²) in [4.78, 5) is 35.8. The molecule has 0 saturated carbocycles. The summed E-state index contributed by atoms with van der Waals surface area (Å²) in [5.41, 5.74) is 1.89. The van der Waals surface area contributed by atoms with Crippen molar-refractivity contribution in [3.63, 3.8) is 0 Å². The van der Waals surface area contributed by atoms with E-state index >= 15 is 0 Å². The van der Waals surface area contributed by atoms with E-state index in [1.54, 1.807) is 48.5 Å². The van der Waals surface area contributed by atoms with E-state index in [1.807, 2.05) is 6.07 Å². The number of carbonyl (C=O) groups excluding carboxylic acids is 3. The predicted molar refractivity (Wildman–Crippen MR) is 99.5 cm³/mol. The quantitative estimate of drug-likeness (QED) is 0.742. The number of nitriles is 1. The number of esters is 1. The summed E-state index contributed by atoms with van der Waals surface area (Å²) in [6.07, 6.45) is -1.04. The summed E-state index contributed by atoms with van der Waals surface area (Å²) >= 11 is 0. The zero-order valence-electron chi connectivity index (χ0n) is 14.8. The van der Waals surface area contributed by atoms with Crippen molar-refractivity contribution in [2.24, 2.45) is 0 Å². The Morgan fingerprint density at radius 1 is 1.18 bits per heavy atom. The molecule has 2 aromatic carbocycles. The number of para-hydroxylation sites is 2. The first-order valence-corrected chi connectivity index (χ1v) is 8.53. The Balaban J connectivity index is 1.46. The standard InChI is InChI=1S/C20H17N3O5/c21-10-9-13-5-7-14(8-6-13)22-18(24)12-27-19(25)11-17-20(26)23-15-3-1-2-4-16(15)28-17/h1-8,17H,9,11-12H2,(H,22,24)(H,23,26)/t17-/m0/s1. The molecule has 1 heterocycles. The predicted octanol–water partition coefficient (Wildman–Crippen LogP) is 2.02. The molecular formula is C20H17N3O5. The number of hydrogen-bond acceptors (Lipinski definition) is 6. The number of nitrogens with zero attached hydrogens (tertiary/aromatic N) is 1. The number of anilines is 2. The highest BCUT2D eigenvalue weighted by Gasteiger charge is 2.30. The molecule has 3 rings (SSSR count). The fourth-order valence-corrected chi connectivity index (χ4v) is 2.58. The molecule has 0 radical (unpaired) electrons. The number of carbonyl (C=O) groups is 3. The lowest BCUT2D eigenvalue weighted by Gasteiger charge is -2.25. The van der Waals surface area contributed by atoms with E-state index in [0.717, 1.165) is 5.56 Å². The lowest BCUT2D eigenvalue weighted by molar-refractivity contribution is -0.150. The maximum atomic E-state index is 12.0. The molecule has 0 fully saturated rings. The summed E-state index contributed by atoms with van der Waals surface area (Å²) < 4.78 is 10.4. The first-order chi connectivity index (χ1) is 13.5. The van der Waals surface area contributed by atoms with Crippen molar-refractivity contribution in [3.05, 3.63) is 54.1 Å². The largest absolute Gasteiger partial charge is 0.478 e. The molecule has 8 heteroatoms. The summed E-state index contributed by atoms with van der Waals surface area (Å²) in [6, 6.07) is 15.7. The number of amides is 2. The highest BCUT2D eigenvalue weighted by Crippen LogP contribution is 2.29. The number of benzene rings is 2. The van der Waals surface area contributed by atoms with Crippen molar-refractivity contribution in [3.8, 4) is 11.8 Å². The van der Waals surface area contributed by atoms with Crippen LogP contribution in [0.15, 0.2) is 48.5 Å². The minimum atomic E-state index is -1.02. The van der Waals surface area contributed by atoms with E-state index in [9.17, 15) is 14.4 Å². The van der Waals surface area contributed by atoms with Gasteiger partial charge in [0.2, 0.25) is 0 Å². The third-order valence-electron chi connectivity index (χ3n) is 3.94. The molecule has 0 aromatic heterocycles. The van der Waals surface area contributed by atoms with Crippen LogP contribution < -0.4 is 15.4 Å². The SMILES string of the molecule is N#CCc1ccc(NC(=O)COC(=O)C[C@@H]2Oc3ccccc3NC2=O)cc1. The molecule has 28 heavy (non-hydrogen) atoms. The Morgan fingerprint density at radius 3 is 2.68 bits per heavy atom. The molecule has 0 spiro atoms. The third-order valence-corrected chi connectivity index (χ3v) is 3.94. The number of nitrogens with one attached hydrogen (secondary N) is 2. The van der Waals surface area contributed by atoms with Gasteiger partial charge >= 0.3 is 5.97 Å². The zero-order chi connectivity index (χ0) is 19.9. The van der Waals surface area contributed by atoms with Gasteiger partial charge in [-0.15, -0.1) is 0 Å². The molecule has 1 atom stereocenters. The maximum Gasteiger partial charge on any atom is 0.310 e. The fourth-order valence-electron chi connectivity index (χ4n) is 2.58. The second-order valence-electron chi connectivity index (χ2n) is 6.04. The molecular weight excluding hydrogens is 362 g/mol. The van der Waals surface area contributed by atoms with Crippen LogP contribution in [0.25, 0.3) is 0 Å². The molecule has 0 aliphatic carbocycles. The lowest BCUT2D eigenvalue weighted by atomic mass is 10.1. The van der Waals surface area contributed by atoms with Gasteiger partial charge in [0.15, 0.2) is 12.7 Å². The monoisotopic (exact) mass is 379 g/mol. The van der Waals surface area contributed by atoms with Crippen molar-refractivity contribution in [2.75, 3.05) is 17.2 Å². The Labute approximate surface area is 161 Å². The summed E-state index contributed by atoms with van der Waals surface area (Å²) in [7, 11) is 0. The molecule has 8 nitrogen and oxygen atoms in total. The minimum absolute atomic E-state index is 0.285. The van der Waals surface area contributed by atoms with Crippen LogP contribution in [0.3, 0.4) is 0 Å². The van der Waals surface area contributed by atoms with Gasteiger partial charge in [0.1, 0.15) is 5.75 Å². The van der Waals surface area contributed by atoms with Gasteiger partial charge in [-0.05, 0) is 29.8 Å². The van der Waals surface area contributed by atoms with Crippen molar-refractivity contribution >= 4 is 29.2 Å². The van der Waals surface area contributed by atoms with E-state index < -0.39 is 30.5 Å². The number of ether oxygens (including phenoxy) is 2. The molecule has 142 valence electrons. The lowest BCUT2D eigenvalue weighted by Crippen LogP contribution is -2.39. The van der Waals surface area contributed by atoms with Crippen LogP contribution >= 0.6 is 0 Å². The van der Waals surface area contributed by atoms with Crippen LogP contribution in [0, 0.1) is 11.3 Å². The molecule has 1 aliphatic heterocycles. The summed E-state index contributed by atoms with van der Waals surface area (Å²) in [6.45, 7) is -0.482. The van der Waals surface area contributed by atoms with Gasteiger partial charge < -0.3 is 20.1 Å². The van der Waals surface area contributed by atoms with Crippen molar-refractivity contribution in [1.29, 1.82) is 5.26 Å². The normalized spacial score (nSPS) is 14.7. The zero-order valence-corrected chi connectivity index (χ0v) is 14.8. The number of hydrogen-bond donors (Lipinski definition) is 2. The van der Waals surface area contributed by atoms with E-state index in [4.69, 9.17) is 14.7 Å². The second kappa shape index (κ2) is 8.68. The van der Waals surface area contributed by atoms with Gasteiger partial charge in [0.25, 0.3) is 11.8 Å². The van der Waals surface area contributed by atoms with E-state index in [-0.39, 0.29) is 12.8 Å². The van der Waals surface area contributed by atoms with Crippen LogP contribution in [-0.4, -0.2) is 30.5 Å². The van der Waals surface area contributed by atoms with Gasteiger partial charge in [-0.25, -0.2) is 0 Å². The van der Waals surface area contributed by atoms with E-state index in [0.29, 0.717) is 17.1 Å². The van der Waals surface area contributed by atoms with Crippen LogP contribution in [0.4, 0.5) is 11.4 Å². The Morgan fingerprint density at radius 2 is 1.93 bits per heavy atom. The van der Waals surface area contributed by atoms with E-state index in [2.05, 4.69) is 10.6 Å². The average Bonchev–Trinajstić information content (AvgIpc) is 2.69. The van der Waals surface area contributed by atoms with Crippen molar-refractivity contribution in [1.82, 2.24) is 0 Å². The summed E-state index contributed by atoms with van der Waals surface area (Å²) in [5.74, 6) is -1.21. The first-order valence-electron chi connectivity index (χ1n) is 8.53. The van der Waals surface area contributed by atoms with Gasteiger partial charge in [-0.1, -0.05) is 24.3 Å². The third kappa shape index (κ3) is 4.86. The molecule has 2 N–H and O–H groups in total. The van der Waals surface area contributed by atoms with Crippen LogP contribution in [-0.2, 0) is 25.5 Å². The molecule has 1 aliphatic rings. The number of rotatable bonds is 6. The Hall–Kier alpha value is -3.86. The molecule has 0 unspecified atom stereocenters. The maximum absolute atomic E-state index is 12.0. The van der Waals surface area contributed by atoms with Gasteiger partial charge in [0.05, 0.1) is 24.6 Å². The summed E-state index contributed by atoms with van der Waals surface area (Å²) in [5, 5.41) is 13.9. The Bertz CT molecular complexity index is 934. The van der Waals surface area contributed by atoms with Crippen LogP contribution in [0.2, 0.25) is 0 Å². The van der Waals surface area contributed by atoms with Crippen molar-refractivity contribution in [2.45, 2.75) is 18.9 Å². The van der Waals surface area contributed by atoms with Gasteiger partial charge in [0, 0.05) is 5.69 Å². The average molecular weight is 379 g/mol. The van der Waals surface area contributed by atoms with Gasteiger partial charge in [-0.3, -0.25) is 14.4 Å². The smallest absolute Gasteiger partial charge is 0.310 e. The highest BCUT2D eigenvalue weighted by molar-refractivity contribution is 5.99. The topological polar surface area (TPSA) is 118 Å². The fraction of sp³-hybridized carbons (Fsp3) is 0.200. The van der Waals surface area contributed by atoms with Crippen LogP contribution in [0.1, 0.15) is 12.0 Å². The molecule has 0 bridgehead atoms. The Kier molecular flexibility index (Phi) is 5.87. The van der Waals surface area contributed by atoms with Crippen LogP contribution in [0.5, 0.6) is 5.75 Å². The molecule has 2 aromatic rings. The van der Waals surface area contributed by atoms with Crippen molar-refractivity contribution < 1.29 is 23.9 Å². The second-order valence-corrected chi connectivity index (χ2v) is 6.04.